The van der Waals surface area contributed by atoms with Gasteiger partial charge in [0, 0.05) is 23.5 Å². The first-order valence-corrected chi connectivity index (χ1v) is 7.56. The van der Waals surface area contributed by atoms with Crippen molar-refractivity contribution in [1.82, 2.24) is 9.55 Å². The molecule has 0 radical (unpaired) electrons. The van der Waals surface area contributed by atoms with Crippen molar-refractivity contribution >= 4 is 22.9 Å². The number of hydrogen-bond acceptors (Lipinski definition) is 3. The zero-order chi connectivity index (χ0) is 14.5. The molecule has 1 unspecified atom stereocenters. The van der Waals surface area contributed by atoms with Gasteiger partial charge in [0.2, 0.25) is 5.91 Å². The normalized spacial score (nSPS) is 12.0. The molecule has 0 aliphatic rings. The summed E-state index contributed by atoms with van der Waals surface area (Å²) in [5, 5.41) is 4.92. The van der Waals surface area contributed by atoms with Gasteiger partial charge in [0.25, 0.3) is 0 Å². The molecular formula is C16H15N3OS. The predicted molar refractivity (Wildman–Crippen MR) is 84.4 cm³/mol. The van der Waals surface area contributed by atoms with Crippen molar-refractivity contribution in [2.75, 3.05) is 5.32 Å². The molecular weight excluding hydrogens is 282 g/mol. The second-order valence-electron chi connectivity index (χ2n) is 4.66. The molecule has 0 saturated carbocycles. The highest BCUT2D eigenvalue weighted by Crippen LogP contribution is 2.26. The molecule has 0 bridgehead atoms. The van der Waals surface area contributed by atoms with Crippen LogP contribution in [0.2, 0.25) is 0 Å². The van der Waals surface area contributed by atoms with Crippen molar-refractivity contribution in [3.05, 3.63) is 71.4 Å². The van der Waals surface area contributed by atoms with E-state index in [4.69, 9.17) is 0 Å². The Morgan fingerprint density at radius 2 is 2.10 bits per heavy atom. The van der Waals surface area contributed by atoms with Crippen LogP contribution in [-0.4, -0.2) is 15.5 Å². The highest BCUT2D eigenvalue weighted by Gasteiger charge is 2.18. The summed E-state index contributed by atoms with van der Waals surface area (Å²) in [6.45, 7) is 0. The van der Waals surface area contributed by atoms with E-state index in [-0.39, 0.29) is 11.9 Å². The minimum Gasteiger partial charge on any atom is -0.346 e. The molecule has 5 heteroatoms. The molecule has 3 rings (SSSR count). The Hall–Kier alpha value is -2.40. The molecule has 1 atom stereocenters. The van der Waals surface area contributed by atoms with Gasteiger partial charge in [0.1, 0.15) is 0 Å². The van der Waals surface area contributed by atoms with Gasteiger partial charge in [-0.05, 0) is 35.7 Å². The van der Waals surface area contributed by atoms with Crippen LogP contribution < -0.4 is 5.32 Å². The number of nitrogens with one attached hydrogen (secondary N) is 1. The second-order valence-corrected chi connectivity index (χ2v) is 5.63. The first-order valence-electron chi connectivity index (χ1n) is 6.68. The Bertz CT molecular complexity index is 643. The molecule has 0 aliphatic carbocycles. The van der Waals surface area contributed by atoms with E-state index in [1.807, 2.05) is 42.0 Å². The van der Waals surface area contributed by atoms with E-state index >= 15 is 0 Å². The van der Waals surface area contributed by atoms with E-state index in [1.165, 1.54) is 4.88 Å². The quantitative estimate of drug-likeness (QED) is 0.782. The molecule has 0 saturated heterocycles. The Balaban J connectivity index is 1.75. The summed E-state index contributed by atoms with van der Waals surface area (Å²) in [4.78, 5) is 17.4. The lowest BCUT2D eigenvalue weighted by molar-refractivity contribution is -0.116. The van der Waals surface area contributed by atoms with Crippen molar-refractivity contribution in [3.8, 4) is 0 Å². The molecule has 0 aromatic carbocycles. The van der Waals surface area contributed by atoms with Crippen LogP contribution in [0.3, 0.4) is 0 Å². The average Bonchev–Trinajstić information content (AvgIpc) is 3.19. The fourth-order valence-electron chi connectivity index (χ4n) is 2.21. The van der Waals surface area contributed by atoms with Gasteiger partial charge in [-0.1, -0.05) is 6.07 Å². The Kier molecular flexibility index (Phi) is 4.12. The zero-order valence-electron chi connectivity index (χ0n) is 11.3. The van der Waals surface area contributed by atoms with Gasteiger partial charge in [-0.25, -0.2) is 0 Å². The molecule has 4 nitrogen and oxygen atoms in total. The molecule has 3 heterocycles. The van der Waals surface area contributed by atoms with Crippen LogP contribution in [0.4, 0.5) is 5.69 Å². The van der Waals surface area contributed by atoms with Gasteiger partial charge in [-0.2, -0.15) is 0 Å². The summed E-state index contributed by atoms with van der Waals surface area (Å²) < 4.78 is 2.06. The number of pyridine rings is 1. The lowest BCUT2D eigenvalue weighted by Gasteiger charge is -2.17. The second kappa shape index (κ2) is 6.37. The summed E-state index contributed by atoms with van der Waals surface area (Å²) in [6.07, 6.45) is 7.70. The van der Waals surface area contributed by atoms with Crippen LogP contribution in [0.5, 0.6) is 0 Å². The van der Waals surface area contributed by atoms with Crippen LogP contribution in [0.15, 0.2) is 66.6 Å². The SMILES string of the molecule is O=C(CC(c1cccs1)n1cccc1)Nc1cccnc1. The highest BCUT2D eigenvalue weighted by atomic mass is 32.1. The standard InChI is InChI=1S/C16H15N3OS/c20-16(18-13-5-3-7-17-12-13)11-14(15-6-4-10-21-15)19-8-1-2-9-19/h1-10,12,14H,11H2,(H,18,20). The largest absolute Gasteiger partial charge is 0.346 e. The lowest BCUT2D eigenvalue weighted by Crippen LogP contribution is -2.19. The maximum Gasteiger partial charge on any atom is 0.226 e. The summed E-state index contributed by atoms with van der Waals surface area (Å²) in [6, 6.07) is 11.7. The van der Waals surface area contributed by atoms with Crippen LogP contribution in [0, 0.1) is 0 Å². The van der Waals surface area contributed by atoms with Crippen molar-refractivity contribution < 1.29 is 4.79 Å². The monoisotopic (exact) mass is 297 g/mol. The van der Waals surface area contributed by atoms with Crippen LogP contribution in [0.1, 0.15) is 17.3 Å². The Morgan fingerprint density at radius 1 is 1.24 bits per heavy atom. The molecule has 21 heavy (non-hydrogen) atoms. The van der Waals surface area contributed by atoms with Crippen LogP contribution >= 0.6 is 11.3 Å². The molecule has 3 aromatic rings. The lowest BCUT2D eigenvalue weighted by atomic mass is 10.1. The first kappa shape index (κ1) is 13.6. The number of aromatic nitrogens is 2. The predicted octanol–water partition coefficient (Wildman–Crippen LogP) is 3.56. The van der Waals surface area contributed by atoms with E-state index in [1.54, 1.807) is 29.8 Å². The molecule has 0 spiro atoms. The highest BCUT2D eigenvalue weighted by molar-refractivity contribution is 7.10. The number of carbonyl (C=O) groups excluding carboxylic acids is 1. The first-order chi connectivity index (χ1) is 10.3. The number of anilines is 1. The Morgan fingerprint density at radius 3 is 2.76 bits per heavy atom. The Labute approximate surface area is 127 Å². The molecule has 0 fully saturated rings. The summed E-state index contributed by atoms with van der Waals surface area (Å²) in [7, 11) is 0. The van der Waals surface area contributed by atoms with Crippen LogP contribution in [-0.2, 0) is 4.79 Å². The van der Waals surface area contributed by atoms with Crippen molar-refractivity contribution in [2.24, 2.45) is 0 Å². The fourth-order valence-corrected chi connectivity index (χ4v) is 3.05. The number of nitrogens with zero attached hydrogens (tertiary/aromatic N) is 2. The summed E-state index contributed by atoms with van der Waals surface area (Å²) >= 11 is 1.66. The number of rotatable bonds is 5. The number of amides is 1. The van der Waals surface area contributed by atoms with Crippen molar-refractivity contribution in [3.63, 3.8) is 0 Å². The third-order valence-electron chi connectivity index (χ3n) is 3.18. The third kappa shape index (κ3) is 3.38. The van der Waals surface area contributed by atoms with Gasteiger partial charge < -0.3 is 9.88 Å². The van der Waals surface area contributed by atoms with E-state index in [9.17, 15) is 4.79 Å². The number of hydrogen-bond donors (Lipinski definition) is 1. The molecule has 1 N–H and O–H groups in total. The van der Waals surface area contributed by atoms with Gasteiger partial charge >= 0.3 is 0 Å². The molecule has 3 aromatic heterocycles. The fraction of sp³-hybridized carbons (Fsp3) is 0.125. The van der Waals surface area contributed by atoms with Crippen LogP contribution in [0.25, 0.3) is 0 Å². The molecule has 0 aliphatic heterocycles. The topological polar surface area (TPSA) is 46.9 Å². The smallest absolute Gasteiger partial charge is 0.226 e. The van der Waals surface area contributed by atoms with E-state index in [0.29, 0.717) is 6.42 Å². The number of thiophene rings is 1. The van der Waals surface area contributed by atoms with E-state index in [0.717, 1.165) is 5.69 Å². The third-order valence-corrected chi connectivity index (χ3v) is 4.16. The number of carbonyl (C=O) groups is 1. The summed E-state index contributed by atoms with van der Waals surface area (Å²) in [5.41, 5.74) is 0.722. The van der Waals surface area contributed by atoms with Gasteiger partial charge in [0.05, 0.1) is 24.3 Å². The van der Waals surface area contributed by atoms with Crippen molar-refractivity contribution in [1.29, 1.82) is 0 Å². The van der Waals surface area contributed by atoms with Gasteiger partial charge in [-0.3, -0.25) is 9.78 Å². The minimum atomic E-state index is -0.0184. The average molecular weight is 297 g/mol. The molecule has 106 valence electrons. The van der Waals surface area contributed by atoms with E-state index < -0.39 is 0 Å². The van der Waals surface area contributed by atoms with E-state index in [2.05, 4.69) is 20.9 Å². The van der Waals surface area contributed by atoms with Gasteiger partial charge in [0.15, 0.2) is 0 Å². The molecule has 1 amide bonds. The maximum atomic E-state index is 12.3. The summed E-state index contributed by atoms with van der Waals surface area (Å²) in [5.74, 6) is -0.0184. The minimum absolute atomic E-state index is 0.0184. The van der Waals surface area contributed by atoms with Gasteiger partial charge in [-0.15, -0.1) is 11.3 Å². The zero-order valence-corrected chi connectivity index (χ0v) is 12.2. The maximum absolute atomic E-state index is 12.3. The van der Waals surface area contributed by atoms with Crippen molar-refractivity contribution in [2.45, 2.75) is 12.5 Å².